The van der Waals surface area contributed by atoms with Gasteiger partial charge in [0.1, 0.15) is 16.4 Å². The van der Waals surface area contributed by atoms with E-state index in [2.05, 4.69) is 14.9 Å². The van der Waals surface area contributed by atoms with Crippen LogP contribution in [0.2, 0.25) is 0 Å². The predicted octanol–water partition coefficient (Wildman–Crippen LogP) is 1.38. The van der Waals surface area contributed by atoms with Gasteiger partial charge in [0.15, 0.2) is 0 Å². The Morgan fingerprint density at radius 2 is 1.96 bits per heavy atom. The molecule has 0 atom stereocenters. The number of sulfonamides is 1. The number of H-pyrrole nitrogens is 1. The number of hydrogen-bond donors (Lipinski definition) is 2. The second-order valence-electron chi connectivity index (χ2n) is 5.87. The number of rotatable bonds is 8. The lowest BCUT2D eigenvalue weighted by atomic mass is 10.2. The SMILES string of the molecule is COc1ccc(OC)c(N(CCNS(=O)(=O)c2c(C)n[nH]c2C)C(C)=O)c1. The second-order valence-corrected chi connectivity index (χ2v) is 7.57. The monoisotopic (exact) mass is 396 g/mol. The minimum absolute atomic E-state index is 0.0202. The number of aryl methyl sites for hydroxylation is 2. The van der Waals surface area contributed by atoms with Crippen molar-refractivity contribution < 1.29 is 22.7 Å². The molecule has 0 spiro atoms. The first kappa shape index (κ1) is 20.7. The van der Waals surface area contributed by atoms with Crippen molar-refractivity contribution in [3.8, 4) is 11.5 Å². The Labute approximate surface area is 158 Å². The number of amides is 1. The molecule has 0 unspecified atom stereocenters. The van der Waals surface area contributed by atoms with Gasteiger partial charge in [-0.05, 0) is 26.0 Å². The van der Waals surface area contributed by atoms with Crippen molar-refractivity contribution in [3.05, 3.63) is 29.6 Å². The molecule has 0 aliphatic carbocycles. The summed E-state index contributed by atoms with van der Waals surface area (Å²) in [4.78, 5) is 13.7. The van der Waals surface area contributed by atoms with E-state index in [0.29, 0.717) is 28.6 Å². The first-order valence-electron chi connectivity index (χ1n) is 8.22. The molecule has 0 fully saturated rings. The van der Waals surface area contributed by atoms with E-state index in [0.717, 1.165) is 0 Å². The van der Waals surface area contributed by atoms with Gasteiger partial charge in [0.2, 0.25) is 15.9 Å². The Bertz CT molecular complexity index is 904. The smallest absolute Gasteiger partial charge is 0.244 e. The predicted molar refractivity (Wildman–Crippen MR) is 101 cm³/mol. The number of carbonyl (C=O) groups excluding carboxylic acids is 1. The molecule has 0 radical (unpaired) electrons. The normalized spacial score (nSPS) is 11.3. The lowest BCUT2D eigenvalue weighted by Crippen LogP contribution is -2.38. The van der Waals surface area contributed by atoms with Gasteiger partial charge in [0, 0.05) is 26.1 Å². The van der Waals surface area contributed by atoms with Crippen LogP contribution in [-0.4, -0.2) is 51.8 Å². The molecular weight excluding hydrogens is 372 g/mol. The van der Waals surface area contributed by atoms with Crippen LogP contribution in [0.25, 0.3) is 0 Å². The van der Waals surface area contributed by atoms with Crippen LogP contribution in [0, 0.1) is 13.8 Å². The number of hydrogen-bond acceptors (Lipinski definition) is 6. The van der Waals surface area contributed by atoms with Crippen LogP contribution in [0.15, 0.2) is 23.1 Å². The van der Waals surface area contributed by atoms with E-state index in [-0.39, 0.29) is 23.9 Å². The standard InChI is InChI=1S/C17H24N4O5S/c1-11-17(12(2)20-19-11)27(23,24)18-8-9-21(13(3)22)15-10-14(25-4)6-7-16(15)26-5/h6-7,10,18H,8-9H2,1-5H3,(H,19,20). The first-order valence-corrected chi connectivity index (χ1v) is 9.71. The summed E-state index contributed by atoms with van der Waals surface area (Å²) in [7, 11) is -0.730. The summed E-state index contributed by atoms with van der Waals surface area (Å²) >= 11 is 0. The van der Waals surface area contributed by atoms with Gasteiger partial charge in [-0.25, -0.2) is 13.1 Å². The van der Waals surface area contributed by atoms with Crippen LogP contribution >= 0.6 is 0 Å². The third kappa shape index (κ3) is 4.58. The minimum Gasteiger partial charge on any atom is -0.497 e. The number of nitrogens with zero attached hydrogens (tertiary/aromatic N) is 2. The van der Waals surface area contributed by atoms with Crippen molar-refractivity contribution >= 4 is 21.6 Å². The van der Waals surface area contributed by atoms with Crippen LogP contribution in [0.4, 0.5) is 5.69 Å². The number of nitrogens with one attached hydrogen (secondary N) is 2. The van der Waals surface area contributed by atoms with E-state index in [1.165, 1.54) is 26.0 Å². The molecule has 2 N–H and O–H groups in total. The van der Waals surface area contributed by atoms with Crippen molar-refractivity contribution in [2.45, 2.75) is 25.7 Å². The Kier molecular flexibility index (Phi) is 6.45. The molecule has 0 aliphatic rings. The molecule has 1 aromatic heterocycles. The maximum absolute atomic E-state index is 12.5. The number of benzene rings is 1. The highest BCUT2D eigenvalue weighted by molar-refractivity contribution is 7.89. The topological polar surface area (TPSA) is 114 Å². The molecular formula is C17H24N4O5S. The van der Waals surface area contributed by atoms with Crippen LogP contribution in [0.5, 0.6) is 11.5 Å². The molecule has 27 heavy (non-hydrogen) atoms. The van der Waals surface area contributed by atoms with Gasteiger partial charge >= 0.3 is 0 Å². The van der Waals surface area contributed by atoms with Crippen LogP contribution < -0.4 is 19.1 Å². The molecule has 0 saturated carbocycles. The fourth-order valence-electron chi connectivity index (χ4n) is 2.76. The first-order chi connectivity index (χ1) is 12.7. The summed E-state index contributed by atoms with van der Waals surface area (Å²) in [6, 6.07) is 5.07. The van der Waals surface area contributed by atoms with Gasteiger partial charge in [-0.15, -0.1) is 0 Å². The number of carbonyl (C=O) groups is 1. The molecule has 1 aromatic carbocycles. The largest absolute Gasteiger partial charge is 0.497 e. The van der Waals surface area contributed by atoms with Crippen molar-refractivity contribution in [3.63, 3.8) is 0 Å². The summed E-state index contributed by atoms with van der Waals surface area (Å²) < 4.78 is 38.1. The highest BCUT2D eigenvalue weighted by atomic mass is 32.2. The Morgan fingerprint density at radius 1 is 1.26 bits per heavy atom. The van der Waals surface area contributed by atoms with Crippen molar-refractivity contribution in [1.29, 1.82) is 0 Å². The summed E-state index contributed by atoms with van der Waals surface area (Å²) in [6.45, 7) is 4.79. The molecule has 0 saturated heterocycles. The van der Waals surface area contributed by atoms with E-state index in [9.17, 15) is 13.2 Å². The van der Waals surface area contributed by atoms with E-state index in [4.69, 9.17) is 9.47 Å². The zero-order valence-corrected chi connectivity index (χ0v) is 16.8. The average molecular weight is 396 g/mol. The van der Waals surface area contributed by atoms with Gasteiger partial charge < -0.3 is 14.4 Å². The van der Waals surface area contributed by atoms with Gasteiger partial charge in [-0.1, -0.05) is 0 Å². The van der Waals surface area contributed by atoms with E-state index < -0.39 is 10.0 Å². The summed E-state index contributed by atoms with van der Waals surface area (Å²) in [5, 5.41) is 6.55. The highest BCUT2D eigenvalue weighted by Gasteiger charge is 2.23. The number of ether oxygens (including phenoxy) is 2. The van der Waals surface area contributed by atoms with E-state index >= 15 is 0 Å². The Balaban J connectivity index is 2.20. The lowest BCUT2D eigenvalue weighted by Gasteiger charge is -2.24. The minimum atomic E-state index is -3.75. The van der Waals surface area contributed by atoms with E-state index in [1.807, 2.05) is 0 Å². The molecule has 2 rings (SSSR count). The third-order valence-electron chi connectivity index (χ3n) is 4.01. The fraction of sp³-hybridized carbons (Fsp3) is 0.412. The summed E-state index contributed by atoms with van der Waals surface area (Å²) in [5.41, 5.74) is 1.34. The zero-order valence-electron chi connectivity index (χ0n) is 16.0. The molecule has 1 amide bonds. The second kappa shape index (κ2) is 8.40. The van der Waals surface area contributed by atoms with Crippen LogP contribution in [0.1, 0.15) is 18.3 Å². The maximum Gasteiger partial charge on any atom is 0.244 e. The molecule has 1 heterocycles. The van der Waals surface area contributed by atoms with Gasteiger partial charge in [0.25, 0.3) is 0 Å². The summed E-state index contributed by atoms with van der Waals surface area (Å²) in [6.07, 6.45) is 0. The number of anilines is 1. The van der Waals surface area contributed by atoms with Crippen molar-refractivity contribution in [2.75, 3.05) is 32.2 Å². The Hall–Kier alpha value is -2.59. The van der Waals surface area contributed by atoms with Crippen LogP contribution in [0.3, 0.4) is 0 Å². The summed E-state index contributed by atoms with van der Waals surface area (Å²) in [5.74, 6) is 0.786. The van der Waals surface area contributed by atoms with Crippen LogP contribution in [-0.2, 0) is 14.8 Å². The number of aromatic amines is 1. The van der Waals surface area contributed by atoms with Crippen molar-refractivity contribution in [2.24, 2.45) is 0 Å². The van der Waals surface area contributed by atoms with Crippen molar-refractivity contribution in [1.82, 2.24) is 14.9 Å². The third-order valence-corrected chi connectivity index (χ3v) is 5.74. The molecule has 148 valence electrons. The quantitative estimate of drug-likeness (QED) is 0.697. The molecule has 9 nitrogen and oxygen atoms in total. The zero-order chi connectivity index (χ0) is 20.2. The molecule has 10 heteroatoms. The lowest BCUT2D eigenvalue weighted by molar-refractivity contribution is -0.116. The average Bonchev–Trinajstić information content (AvgIpc) is 2.97. The van der Waals surface area contributed by atoms with E-state index in [1.54, 1.807) is 32.0 Å². The Morgan fingerprint density at radius 3 is 2.48 bits per heavy atom. The number of methoxy groups -OCH3 is 2. The maximum atomic E-state index is 12.5. The van der Waals surface area contributed by atoms with Gasteiger partial charge in [-0.3, -0.25) is 9.89 Å². The molecule has 0 aliphatic heterocycles. The fourth-order valence-corrected chi connectivity index (χ4v) is 4.14. The van der Waals surface area contributed by atoms with Gasteiger partial charge in [-0.2, -0.15) is 5.10 Å². The molecule has 2 aromatic rings. The molecule has 0 bridgehead atoms. The van der Waals surface area contributed by atoms with Gasteiger partial charge in [0.05, 0.1) is 31.3 Å². The number of aromatic nitrogens is 2. The highest BCUT2D eigenvalue weighted by Crippen LogP contribution is 2.32.